The summed E-state index contributed by atoms with van der Waals surface area (Å²) in [5.41, 5.74) is 0. The fourth-order valence-electron chi connectivity index (χ4n) is 3.22. The molecule has 2 unspecified atom stereocenters. The molecule has 0 spiro atoms. The summed E-state index contributed by atoms with van der Waals surface area (Å²) in [4.78, 5) is -0.252. The van der Waals surface area contributed by atoms with Crippen LogP contribution >= 0.6 is 35.6 Å². The molecule has 2 N–H and O–H groups in total. The number of fused-ring (bicyclic) bond motifs is 2. The van der Waals surface area contributed by atoms with Gasteiger partial charge in [0, 0.05) is 18.1 Å². The lowest BCUT2D eigenvalue weighted by Gasteiger charge is -2.29. The molecule has 2 aliphatic rings. The first-order chi connectivity index (χ1) is 9.85. The molecule has 0 saturated carbocycles. The van der Waals surface area contributed by atoms with Crippen molar-refractivity contribution >= 4 is 45.6 Å². The summed E-state index contributed by atoms with van der Waals surface area (Å²) in [6.07, 6.45) is 3.63. The molecule has 2 heterocycles. The van der Waals surface area contributed by atoms with E-state index in [2.05, 4.69) is 10.0 Å². The van der Waals surface area contributed by atoms with Crippen LogP contribution in [0.25, 0.3) is 0 Å². The first-order valence-corrected chi connectivity index (χ1v) is 9.02. The topological polar surface area (TPSA) is 58.2 Å². The van der Waals surface area contributed by atoms with E-state index in [0.29, 0.717) is 12.1 Å². The number of nitrogens with one attached hydrogen (secondary N) is 2. The first kappa shape index (κ1) is 18.2. The molecule has 2 bridgehead atoms. The monoisotopic (exact) mass is 388 g/mol. The average molecular weight is 390 g/mol. The highest BCUT2D eigenvalue weighted by Gasteiger charge is 2.36. The molecular weight excluding hydrogens is 374 g/mol. The summed E-state index contributed by atoms with van der Waals surface area (Å²) in [5.74, 6) is -0.663. The Bertz CT molecular complexity index is 636. The molecule has 0 radical (unpaired) electrons. The molecule has 0 aromatic heterocycles. The Balaban J connectivity index is 0.00000176. The van der Waals surface area contributed by atoms with Crippen LogP contribution < -0.4 is 10.0 Å². The second kappa shape index (κ2) is 6.79. The molecule has 9 heteroatoms. The van der Waals surface area contributed by atoms with E-state index in [1.165, 1.54) is 0 Å². The van der Waals surface area contributed by atoms with Gasteiger partial charge in [0.25, 0.3) is 0 Å². The lowest BCUT2D eigenvalue weighted by molar-refractivity contribution is 0.345. The molecule has 0 aliphatic carbocycles. The Morgan fingerprint density at radius 1 is 1.14 bits per heavy atom. The van der Waals surface area contributed by atoms with Crippen LogP contribution in [0.5, 0.6) is 0 Å². The van der Waals surface area contributed by atoms with E-state index < -0.39 is 15.8 Å². The van der Waals surface area contributed by atoms with E-state index in [4.69, 9.17) is 23.2 Å². The van der Waals surface area contributed by atoms with Gasteiger partial charge in [0.05, 0.1) is 10.0 Å². The zero-order chi connectivity index (χ0) is 15.2. The van der Waals surface area contributed by atoms with E-state index in [1.807, 2.05) is 0 Å². The smallest absolute Gasteiger partial charge is 0.243 e. The van der Waals surface area contributed by atoms with Crippen molar-refractivity contribution in [3.05, 3.63) is 28.0 Å². The van der Waals surface area contributed by atoms with Crippen molar-refractivity contribution in [1.82, 2.24) is 10.0 Å². The van der Waals surface area contributed by atoms with Gasteiger partial charge in [-0.25, -0.2) is 17.5 Å². The van der Waals surface area contributed by atoms with Crippen LogP contribution in [0.4, 0.5) is 4.39 Å². The normalized spacial score (nSPS) is 27.5. The summed E-state index contributed by atoms with van der Waals surface area (Å²) in [6, 6.07) is 2.47. The molecule has 0 amide bonds. The molecule has 4 nitrogen and oxygen atoms in total. The number of sulfonamides is 1. The van der Waals surface area contributed by atoms with Crippen LogP contribution in [-0.2, 0) is 10.0 Å². The quantitative estimate of drug-likeness (QED) is 0.835. The van der Waals surface area contributed by atoms with Gasteiger partial charge in [-0.2, -0.15) is 0 Å². The molecule has 3 rings (SSSR count). The fraction of sp³-hybridized carbons (Fsp3) is 0.538. The maximum Gasteiger partial charge on any atom is 0.243 e. The number of benzene rings is 1. The number of halogens is 4. The third-order valence-electron chi connectivity index (χ3n) is 4.03. The lowest BCUT2D eigenvalue weighted by Crippen LogP contribution is -2.48. The minimum absolute atomic E-state index is 0. The van der Waals surface area contributed by atoms with Crippen molar-refractivity contribution in [1.29, 1.82) is 0 Å². The summed E-state index contributed by atoms with van der Waals surface area (Å²) in [6.45, 7) is 0. The van der Waals surface area contributed by atoms with Crippen LogP contribution in [0.3, 0.4) is 0 Å². The van der Waals surface area contributed by atoms with Crippen molar-refractivity contribution in [2.24, 2.45) is 0 Å². The van der Waals surface area contributed by atoms with Crippen LogP contribution in [-0.4, -0.2) is 26.5 Å². The molecule has 22 heavy (non-hydrogen) atoms. The average Bonchev–Trinajstić information content (AvgIpc) is 2.66. The van der Waals surface area contributed by atoms with Crippen LogP contribution in [0, 0.1) is 5.82 Å². The number of rotatable bonds is 3. The van der Waals surface area contributed by atoms with Crippen molar-refractivity contribution in [3.63, 3.8) is 0 Å². The molecule has 2 fully saturated rings. The van der Waals surface area contributed by atoms with Gasteiger partial charge in [-0.3, -0.25) is 0 Å². The summed E-state index contributed by atoms with van der Waals surface area (Å²) in [5, 5.41) is 3.03. The van der Waals surface area contributed by atoms with Gasteiger partial charge in [0.15, 0.2) is 0 Å². The minimum Gasteiger partial charge on any atom is -0.311 e. The second-order valence-electron chi connectivity index (χ2n) is 5.63. The Kier molecular flexibility index (Phi) is 5.63. The lowest BCUT2D eigenvalue weighted by atomic mass is 10.0. The van der Waals surface area contributed by atoms with Crippen LogP contribution in [0.15, 0.2) is 17.0 Å². The van der Waals surface area contributed by atoms with Gasteiger partial charge < -0.3 is 5.32 Å². The first-order valence-electron chi connectivity index (χ1n) is 6.78. The van der Waals surface area contributed by atoms with Crippen LogP contribution in [0.1, 0.15) is 25.7 Å². The minimum atomic E-state index is -3.87. The summed E-state index contributed by atoms with van der Waals surface area (Å²) >= 11 is 11.7. The summed E-state index contributed by atoms with van der Waals surface area (Å²) in [7, 11) is -3.87. The highest BCUT2D eigenvalue weighted by Crippen LogP contribution is 2.32. The third-order valence-corrected chi connectivity index (χ3v) is 6.47. The number of piperidine rings is 1. The highest BCUT2D eigenvalue weighted by atomic mass is 35.5. The van der Waals surface area contributed by atoms with Gasteiger partial charge in [-0.15, -0.1) is 12.4 Å². The Labute approximate surface area is 145 Å². The van der Waals surface area contributed by atoms with Crippen molar-refractivity contribution < 1.29 is 12.8 Å². The zero-order valence-electron chi connectivity index (χ0n) is 11.5. The maximum absolute atomic E-state index is 13.2. The molecule has 2 saturated heterocycles. The Morgan fingerprint density at radius 3 is 2.14 bits per heavy atom. The number of hydrogen-bond acceptors (Lipinski definition) is 3. The standard InChI is InChI=1S/C13H15Cl2FN2O2S.ClH/c14-11-3-7(16)4-12(15)13(11)21(19,20)18-10-5-8-1-2-9(6-10)17-8;/h3-4,8-10,17-18H,1-2,5-6H2;1H. The van der Waals surface area contributed by atoms with E-state index in [1.54, 1.807) is 0 Å². The predicted octanol–water partition coefficient (Wildman–Crippen LogP) is 3.12. The van der Waals surface area contributed by atoms with Crippen molar-refractivity contribution in [2.45, 2.75) is 48.7 Å². The molecular formula is C13H16Cl3FN2O2S. The molecule has 1 aromatic rings. The predicted molar refractivity (Wildman–Crippen MR) is 87.0 cm³/mol. The van der Waals surface area contributed by atoms with Crippen LogP contribution in [0.2, 0.25) is 10.0 Å². The second-order valence-corrected chi connectivity index (χ2v) is 8.09. The molecule has 1 aromatic carbocycles. The zero-order valence-corrected chi connectivity index (χ0v) is 14.6. The highest BCUT2D eigenvalue weighted by molar-refractivity contribution is 7.89. The van der Waals surface area contributed by atoms with E-state index in [9.17, 15) is 12.8 Å². The van der Waals surface area contributed by atoms with Gasteiger partial charge in [0.2, 0.25) is 10.0 Å². The van der Waals surface area contributed by atoms with Gasteiger partial charge in [-0.1, -0.05) is 23.2 Å². The summed E-state index contributed by atoms with van der Waals surface area (Å²) < 4.78 is 40.8. The molecule has 2 atom stereocenters. The van der Waals surface area contributed by atoms with E-state index in [-0.39, 0.29) is 33.4 Å². The van der Waals surface area contributed by atoms with Gasteiger partial charge in [-0.05, 0) is 37.8 Å². The van der Waals surface area contributed by atoms with E-state index >= 15 is 0 Å². The third kappa shape index (κ3) is 3.68. The van der Waals surface area contributed by atoms with Crippen molar-refractivity contribution in [2.75, 3.05) is 0 Å². The fourth-order valence-corrected chi connectivity index (χ4v) is 5.67. The van der Waals surface area contributed by atoms with Gasteiger partial charge >= 0.3 is 0 Å². The number of hydrogen-bond donors (Lipinski definition) is 2. The largest absolute Gasteiger partial charge is 0.311 e. The Morgan fingerprint density at radius 2 is 1.64 bits per heavy atom. The van der Waals surface area contributed by atoms with Gasteiger partial charge in [0.1, 0.15) is 10.7 Å². The van der Waals surface area contributed by atoms with E-state index in [0.717, 1.165) is 37.8 Å². The maximum atomic E-state index is 13.2. The Hall–Kier alpha value is -0.110. The molecule has 124 valence electrons. The van der Waals surface area contributed by atoms with Crippen molar-refractivity contribution in [3.8, 4) is 0 Å². The molecule has 2 aliphatic heterocycles. The SMILES string of the molecule is Cl.O=S(=O)(NC1CC2CCC(C1)N2)c1c(Cl)cc(F)cc1Cl.